The van der Waals surface area contributed by atoms with Gasteiger partial charge in [-0.15, -0.1) is 18.1 Å². The van der Waals surface area contributed by atoms with Crippen molar-refractivity contribution in [3.8, 4) is 5.75 Å². The zero-order valence-electron chi connectivity index (χ0n) is 17.4. The molecule has 0 amide bonds. The molecule has 0 spiro atoms. The average molecular weight is 481 g/mol. The van der Waals surface area contributed by atoms with Crippen LogP contribution in [0.2, 0.25) is 5.02 Å². The molecule has 0 bridgehead atoms. The van der Waals surface area contributed by atoms with Crippen molar-refractivity contribution in [3.63, 3.8) is 0 Å². The highest BCUT2D eigenvalue weighted by atomic mass is 35.5. The Morgan fingerprint density at radius 2 is 1.94 bits per heavy atom. The molecular formula is C22H20ClF3N4O3. The quantitative estimate of drug-likeness (QED) is 0.407. The lowest BCUT2D eigenvalue weighted by Crippen LogP contribution is -2.40. The van der Waals surface area contributed by atoms with Crippen molar-refractivity contribution in [1.82, 2.24) is 9.88 Å². The number of aromatic nitrogens is 1. The van der Waals surface area contributed by atoms with Crippen LogP contribution in [0.3, 0.4) is 0 Å². The minimum atomic E-state index is -4.88. The minimum Gasteiger partial charge on any atom is -0.406 e. The van der Waals surface area contributed by atoms with Gasteiger partial charge in [-0.3, -0.25) is 4.90 Å². The number of nitrogens with zero attached hydrogens (tertiary/aromatic N) is 4. The Kier molecular flexibility index (Phi) is 6.96. The maximum atomic E-state index is 12.6. The first-order valence-corrected chi connectivity index (χ1v) is 10.6. The highest BCUT2D eigenvalue weighted by Gasteiger charge is 2.31. The standard InChI is InChI=1S/C22H20ClF3N4O3/c23-17-3-1-2-15-4-7-20(27-21(15)17)30(9-8-29-10-12-32-13-11-29)19-6-5-16(14-18(19)28-31)33-22(24,25)26/h1-7,14H,8-13H2. The van der Waals surface area contributed by atoms with Gasteiger partial charge in [-0.1, -0.05) is 23.7 Å². The number of para-hydroxylation sites is 1. The lowest BCUT2D eigenvalue weighted by Gasteiger charge is -2.31. The van der Waals surface area contributed by atoms with Crippen LogP contribution in [0.15, 0.2) is 53.7 Å². The van der Waals surface area contributed by atoms with Crippen molar-refractivity contribution in [2.45, 2.75) is 6.36 Å². The number of anilines is 2. The van der Waals surface area contributed by atoms with Crippen LogP contribution < -0.4 is 9.64 Å². The smallest absolute Gasteiger partial charge is 0.406 e. The fourth-order valence-corrected chi connectivity index (χ4v) is 3.90. The SMILES string of the molecule is O=Nc1cc(OC(F)(F)F)ccc1N(CCN1CCOCC1)c1ccc2cccc(Cl)c2n1. The second kappa shape index (κ2) is 9.90. The van der Waals surface area contributed by atoms with Gasteiger partial charge in [0, 0.05) is 37.6 Å². The van der Waals surface area contributed by atoms with Crippen molar-refractivity contribution in [3.05, 3.63) is 58.5 Å². The first-order valence-electron chi connectivity index (χ1n) is 10.2. The number of halogens is 4. The molecule has 4 rings (SSSR count). The van der Waals surface area contributed by atoms with Gasteiger partial charge in [0.25, 0.3) is 0 Å². The van der Waals surface area contributed by atoms with Crippen LogP contribution >= 0.6 is 11.6 Å². The molecule has 1 aliphatic heterocycles. The summed E-state index contributed by atoms with van der Waals surface area (Å²) in [6, 6.07) is 12.5. The van der Waals surface area contributed by atoms with E-state index >= 15 is 0 Å². The summed E-state index contributed by atoms with van der Waals surface area (Å²) in [4.78, 5) is 20.2. The van der Waals surface area contributed by atoms with E-state index in [-0.39, 0.29) is 5.69 Å². The molecule has 1 aromatic heterocycles. The highest BCUT2D eigenvalue weighted by molar-refractivity contribution is 6.35. The van der Waals surface area contributed by atoms with Crippen LogP contribution in [0, 0.1) is 4.91 Å². The van der Waals surface area contributed by atoms with Crippen LogP contribution in [0.25, 0.3) is 10.9 Å². The lowest BCUT2D eigenvalue weighted by atomic mass is 10.2. The third-order valence-electron chi connectivity index (χ3n) is 5.25. The second-order valence-electron chi connectivity index (χ2n) is 7.38. The number of fused-ring (bicyclic) bond motifs is 1. The van der Waals surface area contributed by atoms with Crippen molar-refractivity contribution < 1.29 is 22.6 Å². The summed E-state index contributed by atoms with van der Waals surface area (Å²) < 4.78 is 47.2. The molecule has 7 nitrogen and oxygen atoms in total. The van der Waals surface area contributed by atoms with Gasteiger partial charge >= 0.3 is 6.36 Å². The van der Waals surface area contributed by atoms with Gasteiger partial charge in [0.2, 0.25) is 0 Å². The molecule has 1 aliphatic rings. The molecule has 1 saturated heterocycles. The molecule has 33 heavy (non-hydrogen) atoms. The fourth-order valence-electron chi connectivity index (χ4n) is 3.68. The third kappa shape index (κ3) is 5.70. The number of benzene rings is 2. The Morgan fingerprint density at radius 3 is 2.67 bits per heavy atom. The van der Waals surface area contributed by atoms with Gasteiger partial charge < -0.3 is 14.4 Å². The Hall–Kier alpha value is -2.95. The van der Waals surface area contributed by atoms with E-state index < -0.39 is 12.1 Å². The van der Waals surface area contributed by atoms with Crippen LogP contribution in [-0.4, -0.2) is 55.6 Å². The van der Waals surface area contributed by atoms with Crippen LogP contribution in [-0.2, 0) is 4.74 Å². The summed E-state index contributed by atoms with van der Waals surface area (Å²) in [6.45, 7) is 3.77. The maximum Gasteiger partial charge on any atom is 0.573 e. The van der Waals surface area contributed by atoms with E-state index in [1.54, 1.807) is 17.0 Å². The topological polar surface area (TPSA) is 67.3 Å². The zero-order valence-corrected chi connectivity index (χ0v) is 18.1. The molecular weight excluding hydrogens is 461 g/mol. The summed E-state index contributed by atoms with van der Waals surface area (Å²) in [5.41, 5.74) is 0.692. The molecule has 0 saturated carbocycles. The Balaban J connectivity index is 1.72. The molecule has 2 aromatic carbocycles. The van der Waals surface area contributed by atoms with E-state index in [1.807, 2.05) is 18.2 Å². The monoisotopic (exact) mass is 480 g/mol. The summed E-state index contributed by atoms with van der Waals surface area (Å²) in [6.07, 6.45) is -4.88. The molecule has 174 valence electrons. The van der Waals surface area contributed by atoms with E-state index in [0.29, 0.717) is 48.3 Å². The summed E-state index contributed by atoms with van der Waals surface area (Å²) in [5, 5.41) is 4.25. The molecule has 0 radical (unpaired) electrons. The molecule has 0 N–H and O–H groups in total. The van der Waals surface area contributed by atoms with Crippen molar-refractivity contribution in [2.75, 3.05) is 44.3 Å². The summed E-state index contributed by atoms with van der Waals surface area (Å²) in [5.74, 6) is -0.0401. The van der Waals surface area contributed by atoms with Gasteiger partial charge in [-0.25, -0.2) is 4.98 Å². The van der Waals surface area contributed by atoms with Gasteiger partial charge in [-0.2, -0.15) is 0 Å². The van der Waals surface area contributed by atoms with Gasteiger partial charge in [-0.05, 0) is 35.5 Å². The number of nitroso groups, excluding NO2 is 1. The Labute approximate surface area is 192 Å². The molecule has 1 fully saturated rings. The fraction of sp³-hybridized carbons (Fsp3) is 0.318. The molecule has 11 heteroatoms. The molecule has 0 atom stereocenters. The molecule has 0 unspecified atom stereocenters. The molecule has 3 aromatic rings. The number of pyridine rings is 1. The number of morpholine rings is 1. The van der Waals surface area contributed by atoms with Crippen LogP contribution in [0.1, 0.15) is 0 Å². The largest absolute Gasteiger partial charge is 0.573 e. The highest BCUT2D eigenvalue weighted by Crippen LogP contribution is 2.38. The minimum absolute atomic E-state index is 0.195. The summed E-state index contributed by atoms with van der Waals surface area (Å²) in [7, 11) is 0. The van der Waals surface area contributed by atoms with Crippen molar-refractivity contribution in [1.29, 1.82) is 0 Å². The zero-order chi connectivity index (χ0) is 23.4. The number of alkyl halides is 3. The lowest BCUT2D eigenvalue weighted by molar-refractivity contribution is -0.274. The van der Waals surface area contributed by atoms with Crippen molar-refractivity contribution >= 4 is 39.7 Å². The third-order valence-corrected chi connectivity index (χ3v) is 5.55. The number of ether oxygens (including phenoxy) is 2. The Morgan fingerprint density at radius 1 is 1.15 bits per heavy atom. The van der Waals surface area contributed by atoms with E-state index in [0.717, 1.165) is 30.6 Å². The second-order valence-corrected chi connectivity index (χ2v) is 7.78. The van der Waals surface area contributed by atoms with Crippen molar-refractivity contribution in [2.24, 2.45) is 5.18 Å². The predicted octanol–water partition coefficient (Wildman–Crippen LogP) is 5.66. The molecule has 2 heterocycles. The predicted molar refractivity (Wildman–Crippen MR) is 120 cm³/mol. The normalized spacial score (nSPS) is 14.9. The summed E-state index contributed by atoms with van der Waals surface area (Å²) >= 11 is 6.32. The van der Waals surface area contributed by atoms with E-state index in [2.05, 4.69) is 19.8 Å². The van der Waals surface area contributed by atoms with Gasteiger partial charge in [0.05, 0.1) is 29.4 Å². The van der Waals surface area contributed by atoms with Gasteiger partial charge in [0.15, 0.2) is 0 Å². The van der Waals surface area contributed by atoms with E-state index in [9.17, 15) is 18.1 Å². The average Bonchev–Trinajstić information content (AvgIpc) is 2.80. The van der Waals surface area contributed by atoms with Crippen LogP contribution in [0.4, 0.5) is 30.4 Å². The van der Waals surface area contributed by atoms with Gasteiger partial charge in [0.1, 0.15) is 17.3 Å². The Bertz CT molecular complexity index is 1140. The molecule has 0 aliphatic carbocycles. The number of hydrogen-bond acceptors (Lipinski definition) is 7. The van der Waals surface area contributed by atoms with E-state index in [4.69, 9.17) is 16.3 Å². The van der Waals surface area contributed by atoms with E-state index in [1.165, 1.54) is 6.07 Å². The number of hydrogen-bond donors (Lipinski definition) is 0. The van der Waals surface area contributed by atoms with Crippen LogP contribution in [0.5, 0.6) is 5.75 Å². The first-order chi connectivity index (χ1) is 15.8. The first kappa shape index (κ1) is 23.2. The number of rotatable bonds is 7. The maximum absolute atomic E-state index is 12.6.